The number of fused-ring (bicyclic) bond motifs is 1. The van der Waals surface area contributed by atoms with E-state index in [2.05, 4.69) is 27.5 Å². The van der Waals surface area contributed by atoms with Crippen LogP contribution >= 0.6 is 0 Å². The van der Waals surface area contributed by atoms with Crippen molar-refractivity contribution in [2.75, 3.05) is 11.9 Å². The molecule has 1 aliphatic heterocycles. The number of ketones is 1. The number of anilines is 1. The fourth-order valence-electron chi connectivity index (χ4n) is 4.39. The number of benzene rings is 2. The summed E-state index contributed by atoms with van der Waals surface area (Å²) in [5, 5.41) is 7.79. The number of carbonyl (C=O) groups excluding carboxylic acids is 1. The summed E-state index contributed by atoms with van der Waals surface area (Å²) < 4.78 is 7.66. The molecule has 6 nitrogen and oxygen atoms in total. The molecule has 0 bridgehead atoms. The number of ether oxygens (including phenoxy) is 1. The van der Waals surface area contributed by atoms with Gasteiger partial charge in [0.05, 0.1) is 6.61 Å². The fourth-order valence-corrected chi connectivity index (χ4v) is 4.39. The minimum atomic E-state index is -0.337. The standard InChI is InChI=1S/C23H22N4O2/c1-2-29-20-11-7-6-10-17(20)22-21-18(26-23-24-14-25-27(22)23)12-16(13-19(21)28)15-8-4-3-5-9-15/h3-11,14,16,22H,2,12-13H2,1H3,(H,24,25,26)/t16-,22+/m1/s1. The molecule has 2 aromatic carbocycles. The van der Waals surface area contributed by atoms with E-state index in [1.54, 1.807) is 4.68 Å². The maximum atomic E-state index is 13.4. The van der Waals surface area contributed by atoms with Gasteiger partial charge in [-0.1, -0.05) is 48.5 Å². The van der Waals surface area contributed by atoms with Crippen LogP contribution in [0.5, 0.6) is 5.75 Å². The van der Waals surface area contributed by atoms with Gasteiger partial charge in [-0.25, -0.2) is 4.68 Å². The molecule has 3 aromatic rings. The molecule has 0 saturated carbocycles. The Kier molecular flexibility index (Phi) is 4.39. The quantitative estimate of drug-likeness (QED) is 0.731. The molecule has 0 fully saturated rings. The molecule has 0 radical (unpaired) electrons. The molecule has 1 N–H and O–H groups in total. The highest BCUT2D eigenvalue weighted by atomic mass is 16.5. The van der Waals surface area contributed by atoms with Crippen LogP contribution in [0.3, 0.4) is 0 Å². The molecule has 5 rings (SSSR count). The van der Waals surface area contributed by atoms with E-state index in [-0.39, 0.29) is 17.7 Å². The normalized spacial score (nSPS) is 20.7. The van der Waals surface area contributed by atoms with Gasteiger partial charge >= 0.3 is 0 Å². The second-order valence-corrected chi connectivity index (χ2v) is 7.36. The summed E-state index contributed by atoms with van der Waals surface area (Å²) in [5.74, 6) is 1.73. The smallest absolute Gasteiger partial charge is 0.226 e. The summed E-state index contributed by atoms with van der Waals surface area (Å²) in [6.07, 6.45) is 2.78. The zero-order valence-electron chi connectivity index (χ0n) is 16.2. The summed E-state index contributed by atoms with van der Waals surface area (Å²) >= 11 is 0. The number of nitrogens with one attached hydrogen (secondary N) is 1. The third-order valence-electron chi connectivity index (χ3n) is 5.65. The van der Waals surface area contributed by atoms with E-state index >= 15 is 0 Å². The number of hydrogen-bond acceptors (Lipinski definition) is 5. The maximum absolute atomic E-state index is 13.4. The van der Waals surface area contributed by atoms with Gasteiger partial charge in [-0.05, 0) is 30.9 Å². The average Bonchev–Trinajstić information content (AvgIpc) is 3.22. The number of aromatic nitrogens is 3. The van der Waals surface area contributed by atoms with Gasteiger partial charge in [-0.3, -0.25) is 4.79 Å². The zero-order valence-corrected chi connectivity index (χ0v) is 16.2. The summed E-state index contributed by atoms with van der Waals surface area (Å²) in [6, 6.07) is 17.8. The number of Topliss-reactive ketones (excluding diaryl/α,β-unsaturated/α-hetero) is 1. The van der Waals surface area contributed by atoms with Crippen LogP contribution < -0.4 is 10.1 Å². The van der Waals surface area contributed by atoms with Gasteiger partial charge in [-0.2, -0.15) is 10.1 Å². The molecule has 0 spiro atoms. The van der Waals surface area contributed by atoms with Gasteiger partial charge in [0.15, 0.2) is 5.78 Å². The highest BCUT2D eigenvalue weighted by molar-refractivity contribution is 6.00. The van der Waals surface area contributed by atoms with Crippen molar-refractivity contribution in [2.45, 2.75) is 31.7 Å². The largest absolute Gasteiger partial charge is 0.494 e. The van der Waals surface area contributed by atoms with Gasteiger partial charge in [-0.15, -0.1) is 0 Å². The third kappa shape index (κ3) is 3.01. The van der Waals surface area contributed by atoms with Crippen LogP contribution in [0.2, 0.25) is 0 Å². The molecule has 29 heavy (non-hydrogen) atoms. The molecule has 146 valence electrons. The first-order chi connectivity index (χ1) is 14.3. The van der Waals surface area contributed by atoms with Crippen LogP contribution in [0, 0.1) is 0 Å². The fraction of sp³-hybridized carbons (Fsp3) is 0.261. The van der Waals surface area contributed by atoms with Crippen LogP contribution in [0.4, 0.5) is 5.95 Å². The van der Waals surface area contributed by atoms with Gasteiger partial charge in [0.25, 0.3) is 0 Å². The van der Waals surface area contributed by atoms with Gasteiger partial charge in [0, 0.05) is 23.3 Å². The van der Waals surface area contributed by atoms with Gasteiger partial charge < -0.3 is 10.1 Å². The average molecular weight is 386 g/mol. The molecular formula is C23H22N4O2. The van der Waals surface area contributed by atoms with Crippen LogP contribution in [-0.2, 0) is 4.79 Å². The Morgan fingerprint density at radius 1 is 1.10 bits per heavy atom. The lowest BCUT2D eigenvalue weighted by Gasteiger charge is -2.35. The summed E-state index contributed by atoms with van der Waals surface area (Å²) in [7, 11) is 0. The zero-order chi connectivity index (χ0) is 19.8. The van der Waals surface area contributed by atoms with E-state index in [4.69, 9.17) is 4.74 Å². The Balaban J connectivity index is 1.62. The van der Waals surface area contributed by atoms with Crippen molar-refractivity contribution >= 4 is 11.7 Å². The van der Waals surface area contributed by atoms with E-state index in [0.717, 1.165) is 29.0 Å². The van der Waals surface area contributed by atoms with E-state index in [1.807, 2.05) is 49.4 Å². The number of para-hydroxylation sites is 1. The van der Waals surface area contributed by atoms with Crippen molar-refractivity contribution < 1.29 is 9.53 Å². The predicted molar refractivity (Wildman–Crippen MR) is 110 cm³/mol. The first-order valence-corrected chi connectivity index (χ1v) is 9.95. The Bertz CT molecular complexity index is 1090. The second-order valence-electron chi connectivity index (χ2n) is 7.36. The molecular weight excluding hydrogens is 364 g/mol. The van der Waals surface area contributed by atoms with Crippen molar-refractivity contribution in [2.24, 2.45) is 0 Å². The maximum Gasteiger partial charge on any atom is 0.226 e. The first-order valence-electron chi connectivity index (χ1n) is 9.95. The predicted octanol–water partition coefficient (Wildman–Crippen LogP) is 4.09. The molecule has 2 aliphatic rings. The van der Waals surface area contributed by atoms with Crippen molar-refractivity contribution in [3.8, 4) is 5.75 Å². The van der Waals surface area contributed by atoms with Crippen molar-refractivity contribution in [1.82, 2.24) is 14.8 Å². The van der Waals surface area contributed by atoms with E-state index in [1.165, 1.54) is 11.9 Å². The molecule has 0 amide bonds. The van der Waals surface area contributed by atoms with Crippen molar-refractivity contribution in [1.29, 1.82) is 0 Å². The summed E-state index contributed by atoms with van der Waals surface area (Å²) in [6.45, 7) is 2.52. The Labute approximate surface area is 169 Å². The topological polar surface area (TPSA) is 69.0 Å². The Morgan fingerprint density at radius 3 is 2.72 bits per heavy atom. The third-order valence-corrected chi connectivity index (χ3v) is 5.65. The molecule has 1 aromatic heterocycles. The second kappa shape index (κ2) is 7.20. The molecule has 6 heteroatoms. The number of hydrogen-bond donors (Lipinski definition) is 1. The number of carbonyl (C=O) groups is 1. The molecule has 2 heterocycles. The first kappa shape index (κ1) is 17.7. The van der Waals surface area contributed by atoms with Gasteiger partial charge in [0.1, 0.15) is 18.1 Å². The minimum absolute atomic E-state index is 0.144. The van der Waals surface area contributed by atoms with Crippen LogP contribution in [0.1, 0.15) is 42.9 Å². The highest BCUT2D eigenvalue weighted by Gasteiger charge is 2.40. The van der Waals surface area contributed by atoms with Crippen molar-refractivity contribution in [3.63, 3.8) is 0 Å². The number of nitrogens with zero attached hydrogens (tertiary/aromatic N) is 3. The van der Waals surface area contributed by atoms with Crippen LogP contribution in [0.25, 0.3) is 0 Å². The summed E-state index contributed by atoms with van der Waals surface area (Å²) in [5.41, 5.74) is 3.82. The summed E-state index contributed by atoms with van der Waals surface area (Å²) in [4.78, 5) is 17.8. The SMILES string of the molecule is CCOc1ccccc1[C@H]1C2=C(C[C@@H](c3ccccc3)CC2=O)Nc2ncnn21. The molecule has 0 saturated heterocycles. The lowest BCUT2D eigenvalue weighted by Crippen LogP contribution is -2.33. The molecule has 1 aliphatic carbocycles. The van der Waals surface area contributed by atoms with Crippen molar-refractivity contribution in [3.05, 3.63) is 83.3 Å². The molecule has 2 atom stereocenters. The Morgan fingerprint density at radius 2 is 1.90 bits per heavy atom. The lowest BCUT2D eigenvalue weighted by atomic mass is 9.78. The monoisotopic (exact) mass is 386 g/mol. The Hall–Kier alpha value is -3.41. The minimum Gasteiger partial charge on any atom is -0.494 e. The highest BCUT2D eigenvalue weighted by Crippen LogP contribution is 2.45. The van der Waals surface area contributed by atoms with E-state index in [9.17, 15) is 4.79 Å². The molecule has 0 unspecified atom stereocenters. The van der Waals surface area contributed by atoms with Crippen LogP contribution in [0.15, 0.2) is 72.2 Å². The van der Waals surface area contributed by atoms with E-state index < -0.39 is 0 Å². The van der Waals surface area contributed by atoms with Gasteiger partial charge in [0.2, 0.25) is 5.95 Å². The van der Waals surface area contributed by atoms with Crippen LogP contribution in [-0.4, -0.2) is 27.2 Å². The number of allylic oxidation sites excluding steroid dienone is 2. The lowest BCUT2D eigenvalue weighted by molar-refractivity contribution is -0.116. The van der Waals surface area contributed by atoms with E-state index in [0.29, 0.717) is 19.0 Å². The number of rotatable bonds is 4.